The lowest BCUT2D eigenvalue weighted by atomic mass is 9.84. The Hall–Kier alpha value is -5.38. The van der Waals surface area contributed by atoms with Gasteiger partial charge < -0.3 is 9.80 Å². The van der Waals surface area contributed by atoms with Crippen LogP contribution in [0.25, 0.3) is 32.3 Å². The van der Waals surface area contributed by atoms with E-state index in [-0.39, 0.29) is 0 Å². The Morgan fingerprint density at radius 1 is 0.415 bits per heavy atom. The summed E-state index contributed by atoms with van der Waals surface area (Å²) in [5.74, 6) is 0.668. The molecule has 0 aliphatic heterocycles. The van der Waals surface area contributed by atoms with Crippen molar-refractivity contribution in [2.75, 3.05) is 9.80 Å². The molecule has 8 rings (SSSR count). The number of anilines is 6. The number of benzene rings is 8. The maximum Gasteiger partial charge on any atom is 0.0803 e. The summed E-state index contributed by atoms with van der Waals surface area (Å²) in [7, 11) is -1.73. The second-order valence-electron chi connectivity index (χ2n) is 16.2. The highest BCUT2D eigenvalue weighted by molar-refractivity contribution is 6.89. The van der Waals surface area contributed by atoms with E-state index in [4.69, 9.17) is 0 Å². The summed E-state index contributed by atoms with van der Waals surface area (Å²) in [6.07, 6.45) is 0. The Morgan fingerprint density at radius 2 is 0.811 bits per heavy atom. The quantitative estimate of drug-likeness (QED) is 0.109. The number of rotatable bonds is 9. The zero-order valence-corrected chi connectivity index (χ0v) is 33.4. The molecule has 0 unspecified atom stereocenters. The standard InChI is InChI=1S/C50H50N2Si/c1-33(2)42-31-46(51(36-20-11-9-12-21-36)44-24-16-15-19-35(44)5)40-29-27-39-43(34(3)4)32-47(41-30-28-38(42)49(40)50(39)41)52(37-22-13-10-14-23-37)45-25-17-18-26-48(45)53(6,7)8/h9-34H,1-8H3. The van der Waals surface area contributed by atoms with Gasteiger partial charge in [-0.1, -0.05) is 144 Å². The highest BCUT2D eigenvalue weighted by Crippen LogP contribution is 2.51. The molecule has 8 aromatic rings. The van der Waals surface area contributed by atoms with Crippen molar-refractivity contribution in [2.24, 2.45) is 0 Å². The first-order valence-corrected chi connectivity index (χ1v) is 22.7. The molecule has 0 heterocycles. The van der Waals surface area contributed by atoms with Gasteiger partial charge in [-0.25, -0.2) is 0 Å². The Bertz CT molecular complexity index is 2560. The Kier molecular flexibility index (Phi) is 8.87. The van der Waals surface area contributed by atoms with Crippen LogP contribution >= 0.6 is 0 Å². The smallest absolute Gasteiger partial charge is 0.0803 e. The first kappa shape index (κ1) is 34.7. The van der Waals surface area contributed by atoms with E-state index in [2.05, 4.69) is 210 Å². The molecule has 0 fully saturated rings. The lowest BCUT2D eigenvalue weighted by Crippen LogP contribution is -2.40. The normalized spacial score (nSPS) is 12.1. The van der Waals surface area contributed by atoms with Crippen LogP contribution in [0.2, 0.25) is 19.6 Å². The zero-order valence-electron chi connectivity index (χ0n) is 32.4. The Balaban J connectivity index is 1.54. The lowest BCUT2D eigenvalue weighted by Gasteiger charge is -2.34. The van der Waals surface area contributed by atoms with Gasteiger partial charge in [-0.05, 0) is 111 Å². The number of para-hydroxylation sites is 4. The Morgan fingerprint density at radius 3 is 1.26 bits per heavy atom. The van der Waals surface area contributed by atoms with Gasteiger partial charge in [0.2, 0.25) is 0 Å². The summed E-state index contributed by atoms with van der Waals surface area (Å²) in [4.78, 5) is 5.04. The minimum absolute atomic E-state index is 0.333. The van der Waals surface area contributed by atoms with Gasteiger partial charge in [-0.3, -0.25) is 0 Å². The second-order valence-corrected chi connectivity index (χ2v) is 21.3. The lowest BCUT2D eigenvalue weighted by molar-refractivity contribution is 0.875. The van der Waals surface area contributed by atoms with E-state index in [1.54, 1.807) is 0 Å². The van der Waals surface area contributed by atoms with Gasteiger partial charge in [-0.2, -0.15) is 0 Å². The monoisotopic (exact) mass is 706 g/mol. The molecule has 2 nitrogen and oxygen atoms in total. The van der Waals surface area contributed by atoms with Crippen molar-refractivity contribution in [1.29, 1.82) is 0 Å². The Labute approximate surface area is 316 Å². The predicted molar refractivity (Wildman–Crippen MR) is 235 cm³/mol. The fourth-order valence-corrected chi connectivity index (χ4v) is 9.98. The molecule has 0 aliphatic carbocycles. The zero-order chi connectivity index (χ0) is 37.0. The SMILES string of the molecule is Cc1ccccc1N(c1ccccc1)c1cc(C(C)C)c2ccc3c(N(c4ccccc4)c4ccccc4[Si](C)(C)C)cc(C(C)C)c4ccc1c2c43. The van der Waals surface area contributed by atoms with E-state index in [0.29, 0.717) is 11.8 Å². The molecule has 0 saturated heterocycles. The first-order chi connectivity index (χ1) is 25.5. The molecule has 0 atom stereocenters. The topological polar surface area (TPSA) is 6.48 Å². The van der Waals surface area contributed by atoms with E-state index in [1.807, 2.05) is 0 Å². The highest BCUT2D eigenvalue weighted by Gasteiger charge is 2.29. The molecule has 0 spiro atoms. The van der Waals surface area contributed by atoms with Crippen LogP contribution in [0.4, 0.5) is 34.1 Å². The van der Waals surface area contributed by atoms with Crippen LogP contribution < -0.4 is 15.0 Å². The molecule has 0 amide bonds. The summed E-state index contributed by atoms with van der Waals surface area (Å²) in [6.45, 7) is 19.0. The molecule has 0 N–H and O–H groups in total. The van der Waals surface area contributed by atoms with E-state index >= 15 is 0 Å². The van der Waals surface area contributed by atoms with Gasteiger partial charge >= 0.3 is 0 Å². The maximum absolute atomic E-state index is 2.55. The third-order valence-electron chi connectivity index (χ3n) is 11.0. The van der Waals surface area contributed by atoms with Gasteiger partial charge in [0.25, 0.3) is 0 Å². The molecular formula is C50H50N2Si. The van der Waals surface area contributed by atoms with Crippen molar-refractivity contribution in [1.82, 2.24) is 0 Å². The fourth-order valence-electron chi connectivity index (χ4n) is 8.42. The van der Waals surface area contributed by atoms with Crippen LogP contribution in [-0.2, 0) is 0 Å². The molecule has 8 aromatic carbocycles. The van der Waals surface area contributed by atoms with Crippen LogP contribution in [0.5, 0.6) is 0 Å². The van der Waals surface area contributed by atoms with Crippen molar-refractivity contribution in [3.63, 3.8) is 0 Å². The van der Waals surface area contributed by atoms with Crippen molar-refractivity contribution in [2.45, 2.75) is 66.1 Å². The summed E-state index contributed by atoms with van der Waals surface area (Å²) in [5.41, 5.74) is 11.3. The van der Waals surface area contributed by atoms with Gasteiger partial charge in [0.1, 0.15) is 0 Å². The van der Waals surface area contributed by atoms with E-state index in [0.717, 1.165) is 5.69 Å². The molecule has 53 heavy (non-hydrogen) atoms. The third-order valence-corrected chi connectivity index (χ3v) is 13.0. The largest absolute Gasteiger partial charge is 0.310 e. The van der Waals surface area contributed by atoms with Gasteiger partial charge in [0, 0.05) is 33.5 Å². The number of aryl methyl sites for hydroxylation is 1. The minimum Gasteiger partial charge on any atom is -0.310 e. The van der Waals surface area contributed by atoms with Crippen LogP contribution in [0, 0.1) is 6.92 Å². The maximum atomic E-state index is 2.55. The van der Waals surface area contributed by atoms with Crippen LogP contribution in [0.3, 0.4) is 0 Å². The van der Waals surface area contributed by atoms with Crippen LogP contribution in [0.15, 0.2) is 146 Å². The van der Waals surface area contributed by atoms with Crippen molar-refractivity contribution in [3.05, 3.63) is 162 Å². The van der Waals surface area contributed by atoms with E-state index in [1.165, 1.54) is 82.6 Å². The molecule has 0 radical (unpaired) electrons. The average molecular weight is 707 g/mol. The highest BCUT2D eigenvalue weighted by atomic mass is 28.3. The molecular weight excluding hydrogens is 657 g/mol. The van der Waals surface area contributed by atoms with Crippen LogP contribution in [-0.4, -0.2) is 8.07 Å². The van der Waals surface area contributed by atoms with Crippen molar-refractivity contribution in [3.8, 4) is 0 Å². The molecule has 0 saturated carbocycles. The van der Waals surface area contributed by atoms with E-state index < -0.39 is 8.07 Å². The summed E-state index contributed by atoms with van der Waals surface area (Å²) in [5, 5.41) is 9.41. The predicted octanol–water partition coefficient (Wildman–Crippen LogP) is 14.6. The van der Waals surface area contributed by atoms with Gasteiger partial charge in [0.05, 0.1) is 19.4 Å². The van der Waals surface area contributed by atoms with Crippen LogP contribution in [0.1, 0.15) is 56.2 Å². The van der Waals surface area contributed by atoms with Gasteiger partial charge in [0.15, 0.2) is 0 Å². The average Bonchev–Trinajstić information content (AvgIpc) is 3.16. The number of nitrogens with zero attached hydrogens (tertiary/aromatic N) is 2. The third kappa shape index (κ3) is 5.98. The van der Waals surface area contributed by atoms with E-state index in [9.17, 15) is 0 Å². The molecule has 3 heteroatoms. The minimum atomic E-state index is -1.73. The first-order valence-electron chi connectivity index (χ1n) is 19.2. The molecule has 0 aliphatic rings. The van der Waals surface area contributed by atoms with Crippen molar-refractivity contribution < 1.29 is 0 Å². The second kappa shape index (κ2) is 13.5. The van der Waals surface area contributed by atoms with Crippen molar-refractivity contribution >= 4 is 79.7 Å². The number of hydrogen-bond donors (Lipinski definition) is 0. The number of hydrogen-bond acceptors (Lipinski definition) is 2. The summed E-state index contributed by atoms with van der Waals surface area (Å²) >= 11 is 0. The molecule has 0 aromatic heterocycles. The summed E-state index contributed by atoms with van der Waals surface area (Å²) < 4.78 is 0. The summed E-state index contributed by atoms with van der Waals surface area (Å²) in [6, 6.07) is 54.4. The molecule has 0 bridgehead atoms. The molecule has 264 valence electrons. The fraction of sp³-hybridized carbons (Fsp3) is 0.200. The van der Waals surface area contributed by atoms with Gasteiger partial charge in [-0.15, -0.1) is 0 Å².